The van der Waals surface area contributed by atoms with Crippen molar-refractivity contribution >= 4 is 0 Å². The van der Waals surface area contributed by atoms with Gasteiger partial charge in [0, 0.05) is 0 Å². The van der Waals surface area contributed by atoms with Gasteiger partial charge in [-0.15, -0.1) is 0 Å². The van der Waals surface area contributed by atoms with E-state index in [0.717, 1.165) is 12.0 Å². The van der Waals surface area contributed by atoms with Crippen LogP contribution in [0.3, 0.4) is 0 Å². The number of hydrogen-bond donors (Lipinski definition) is 1. The zero-order chi connectivity index (χ0) is 13.9. The Kier molecular flexibility index (Phi) is 4.06. The smallest absolute Gasteiger partial charge is 0.0681 e. The highest BCUT2D eigenvalue weighted by atomic mass is 16.3. The van der Waals surface area contributed by atoms with Gasteiger partial charge >= 0.3 is 0 Å². The van der Waals surface area contributed by atoms with Crippen LogP contribution in [0.1, 0.15) is 38.3 Å². The molecular weight excluding hydrogens is 232 g/mol. The van der Waals surface area contributed by atoms with E-state index >= 15 is 0 Å². The van der Waals surface area contributed by atoms with Crippen LogP contribution in [0.15, 0.2) is 48.5 Å². The van der Waals surface area contributed by atoms with Crippen molar-refractivity contribution in [1.29, 1.82) is 0 Å². The van der Waals surface area contributed by atoms with Gasteiger partial charge in [0.25, 0.3) is 0 Å². The van der Waals surface area contributed by atoms with Gasteiger partial charge in [0.05, 0.1) is 6.61 Å². The third-order valence-corrected chi connectivity index (χ3v) is 4.02. The Labute approximate surface area is 115 Å². The molecule has 0 aliphatic heterocycles. The van der Waals surface area contributed by atoms with E-state index in [2.05, 4.69) is 57.2 Å². The molecule has 0 unspecified atom stereocenters. The summed E-state index contributed by atoms with van der Waals surface area (Å²) in [5.74, 6) is 0. The first kappa shape index (κ1) is 13.8. The third-order valence-electron chi connectivity index (χ3n) is 4.02. The van der Waals surface area contributed by atoms with Crippen LogP contribution in [0.25, 0.3) is 11.1 Å². The number of benzene rings is 2. The maximum absolute atomic E-state index is 9.05. The number of hydrogen-bond acceptors (Lipinski definition) is 1. The average molecular weight is 254 g/mol. The molecule has 0 aliphatic carbocycles. The molecule has 0 aliphatic rings. The standard InChI is InChI=1S/C18H22O/c1-4-18(2,3)17-11-9-16(10-12-17)15-7-5-14(13-19)6-8-15/h5-12,19H,4,13H2,1-3H3. The molecule has 0 amide bonds. The lowest BCUT2D eigenvalue weighted by Gasteiger charge is -2.23. The number of aliphatic hydroxyl groups is 1. The Hall–Kier alpha value is -1.60. The Bertz CT molecular complexity index is 521. The fraction of sp³-hybridized carbons (Fsp3) is 0.333. The first-order valence-electron chi connectivity index (χ1n) is 6.87. The molecule has 100 valence electrons. The van der Waals surface area contributed by atoms with Gasteiger partial charge in [0.2, 0.25) is 0 Å². The summed E-state index contributed by atoms with van der Waals surface area (Å²) in [6.45, 7) is 6.88. The Morgan fingerprint density at radius 2 is 1.32 bits per heavy atom. The molecule has 2 rings (SSSR count). The number of rotatable bonds is 4. The van der Waals surface area contributed by atoms with Crippen LogP contribution in [0.2, 0.25) is 0 Å². The summed E-state index contributed by atoms with van der Waals surface area (Å²) in [6.07, 6.45) is 1.14. The quantitative estimate of drug-likeness (QED) is 0.849. The first-order chi connectivity index (χ1) is 9.06. The Balaban J connectivity index is 2.27. The van der Waals surface area contributed by atoms with Crippen LogP contribution in [-0.4, -0.2) is 5.11 Å². The summed E-state index contributed by atoms with van der Waals surface area (Å²) in [6, 6.07) is 16.9. The Morgan fingerprint density at radius 1 is 0.842 bits per heavy atom. The lowest BCUT2D eigenvalue weighted by Crippen LogP contribution is -2.14. The van der Waals surface area contributed by atoms with Crippen molar-refractivity contribution in [3.05, 3.63) is 59.7 Å². The summed E-state index contributed by atoms with van der Waals surface area (Å²) in [7, 11) is 0. The molecule has 0 saturated carbocycles. The zero-order valence-corrected chi connectivity index (χ0v) is 12.0. The van der Waals surface area contributed by atoms with Crippen LogP contribution < -0.4 is 0 Å². The molecule has 0 aromatic heterocycles. The fourth-order valence-electron chi connectivity index (χ4n) is 2.12. The predicted octanol–water partition coefficient (Wildman–Crippen LogP) is 4.53. The van der Waals surface area contributed by atoms with Crippen molar-refractivity contribution in [2.45, 2.75) is 39.2 Å². The highest BCUT2D eigenvalue weighted by Crippen LogP contribution is 2.29. The van der Waals surface area contributed by atoms with Crippen molar-refractivity contribution in [2.75, 3.05) is 0 Å². The molecule has 2 aromatic rings. The van der Waals surface area contributed by atoms with Gasteiger partial charge in [-0.1, -0.05) is 69.3 Å². The molecule has 0 heterocycles. The Morgan fingerprint density at radius 3 is 1.74 bits per heavy atom. The maximum atomic E-state index is 9.05. The van der Waals surface area contributed by atoms with Gasteiger partial charge in [-0.25, -0.2) is 0 Å². The highest BCUT2D eigenvalue weighted by molar-refractivity contribution is 5.64. The van der Waals surface area contributed by atoms with Gasteiger partial charge in [-0.2, -0.15) is 0 Å². The fourth-order valence-corrected chi connectivity index (χ4v) is 2.12. The topological polar surface area (TPSA) is 20.2 Å². The lowest BCUT2D eigenvalue weighted by molar-refractivity contribution is 0.282. The van der Waals surface area contributed by atoms with E-state index in [1.807, 2.05) is 12.1 Å². The molecule has 0 spiro atoms. The van der Waals surface area contributed by atoms with Gasteiger partial charge in [0.1, 0.15) is 0 Å². The molecule has 0 atom stereocenters. The monoisotopic (exact) mass is 254 g/mol. The van der Waals surface area contributed by atoms with Gasteiger partial charge in [0.15, 0.2) is 0 Å². The average Bonchev–Trinajstić information content (AvgIpc) is 2.47. The van der Waals surface area contributed by atoms with Gasteiger partial charge in [-0.05, 0) is 34.1 Å². The van der Waals surface area contributed by atoms with Crippen LogP contribution in [0.4, 0.5) is 0 Å². The second-order valence-electron chi connectivity index (χ2n) is 5.67. The molecule has 0 saturated heterocycles. The van der Waals surface area contributed by atoms with Crippen LogP contribution >= 0.6 is 0 Å². The zero-order valence-electron chi connectivity index (χ0n) is 12.0. The van der Waals surface area contributed by atoms with Crippen LogP contribution in [0, 0.1) is 0 Å². The van der Waals surface area contributed by atoms with E-state index in [1.54, 1.807) is 0 Å². The van der Waals surface area contributed by atoms with Crippen LogP contribution in [-0.2, 0) is 12.0 Å². The predicted molar refractivity (Wildman–Crippen MR) is 81.1 cm³/mol. The molecule has 0 fully saturated rings. The van der Waals surface area contributed by atoms with E-state index in [9.17, 15) is 0 Å². The summed E-state index contributed by atoms with van der Waals surface area (Å²) < 4.78 is 0. The summed E-state index contributed by atoms with van der Waals surface area (Å²) in [4.78, 5) is 0. The lowest BCUT2D eigenvalue weighted by atomic mass is 9.82. The minimum absolute atomic E-state index is 0.101. The summed E-state index contributed by atoms with van der Waals surface area (Å²) in [5.41, 5.74) is 4.98. The van der Waals surface area contributed by atoms with Gasteiger partial charge in [-0.3, -0.25) is 0 Å². The van der Waals surface area contributed by atoms with E-state index in [0.29, 0.717) is 0 Å². The van der Waals surface area contributed by atoms with Crippen molar-refractivity contribution in [3.63, 3.8) is 0 Å². The van der Waals surface area contributed by atoms with Crippen molar-refractivity contribution in [2.24, 2.45) is 0 Å². The molecule has 19 heavy (non-hydrogen) atoms. The normalized spacial score (nSPS) is 11.6. The van der Waals surface area contributed by atoms with Crippen LogP contribution in [0.5, 0.6) is 0 Å². The molecule has 1 heteroatoms. The second kappa shape index (κ2) is 5.58. The maximum Gasteiger partial charge on any atom is 0.0681 e. The molecule has 2 aromatic carbocycles. The minimum atomic E-state index is 0.101. The number of aliphatic hydroxyl groups excluding tert-OH is 1. The SMILES string of the molecule is CCC(C)(C)c1ccc(-c2ccc(CO)cc2)cc1. The summed E-state index contributed by atoms with van der Waals surface area (Å²) in [5, 5.41) is 9.05. The third kappa shape index (κ3) is 3.05. The second-order valence-corrected chi connectivity index (χ2v) is 5.67. The van der Waals surface area contributed by atoms with Gasteiger partial charge < -0.3 is 5.11 Å². The first-order valence-corrected chi connectivity index (χ1v) is 6.87. The van der Waals surface area contributed by atoms with E-state index in [1.165, 1.54) is 16.7 Å². The van der Waals surface area contributed by atoms with Crippen molar-refractivity contribution in [3.8, 4) is 11.1 Å². The highest BCUT2D eigenvalue weighted by Gasteiger charge is 2.17. The minimum Gasteiger partial charge on any atom is -0.392 e. The molecule has 1 nitrogen and oxygen atoms in total. The largest absolute Gasteiger partial charge is 0.392 e. The van der Waals surface area contributed by atoms with E-state index in [-0.39, 0.29) is 12.0 Å². The van der Waals surface area contributed by atoms with E-state index < -0.39 is 0 Å². The van der Waals surface area contributed by atoms with Crippen molar-refractivity contribution in [1.82, 2.24) is 0 Å². The van der Waals surface area contributed by atoms with Crippen molar-refractivity contribution < 1.29 is 5.11 Å². The van der Waals surface area contributed by atoms with E-state index in [4.69, 9.17) is 5.11 Å². The molecule has 0 radical (unpaired) electrons. The summed E-state index contributed by atoms with van der Waals surface area (Å²) >= 11 is 0. The molecule has 0 bridgehead atoms. The molecular formula is C18H22O. The molecule has 1 N–H and O–H groups in total.